The third-order valence-electron chi connectivity index (χ3n) is 4.76. The van der Waals surface area contributed by atoms with Gasteiger partial charge < -0.3 is 16.4 Å². The summed E-state index contributed by atoms with van der Waals surface area (Å²) in [6.07, 6.45) is 2.50. The Morgan fingerprint density at radius 2 is 1.71 bits per heavy atom. The summed E-state index contributed by atoms with van der Waals surface area (Å²) in [5, 5.41) is 6.50. The van der Waals surface area contributed by atoms with E-state index in [9.17, 15) is 9.59 Å². The van der Waals surface area contributed by atoms with E-state index < -0.39 is 5.91 Å². The Hall–Kier alpha value is -3.67. The minimum absolute atomic E-state index is 0.244. The first-order valence-corrected chi connectivity index (χ1v) is 10.4. The van der Waals surface area contributed by atoms with Crippen LogP contribution in [0, 0.1) is 5.92 Å². The monoisotopic (exact) mass is 416 g/mol. The molecule has 0 radical (unpaired) electrons. The van der Waals surface area contributed by atoms with E-state index in [0.717, 1.165) is 16.8 Å². The highest BCUT2D eigenvalue weighted by Crippen LogP contribution is 2.23. The zero-order chi connectivity index (χ0) is 22.2. The molecule has 6 heteroatoms. The van der Waals surface area contributed by atoms with Gasteiger partial charge in [0.1, 0.15) is 11.6 Å². The number of hydrogen-bond acceptors (Lipinski definition) is 5. The van der Waals surface area contributed by atoms with Gasteiger partial charge in [0.25, 0.3) is 5.91 Å². The molecule has 2 aromatic carbocycles. The molecule has 0 aliphatic carbocycles. The summed E-state index contributed by atoms with van der Waals surface area (Å²) in [4.78, 5) is 28.1. The standard InChI is InChI=1S/C25H28N4O2/c1-17(2)12-21(30)13-18-8-10-20(11-9-18)29-24-14-23(22(16-28-24)25(26)31)27-15-19-6-4-3-5-7-19/h3-11,14,16-17H,12-13,15H2,1-2H3,(H2,26,31)(H2,27,28,29). The van der Waals surface area contributed by atoms with Crippen molar-refractivity contribution < 1.29 is 9.59 Å². The third kappa shape index (κ3) is 6.67. The lowest BCUT2D eigenvalue weighted by molar-refractivity contribution is -0.119. The molecule has 31 heavy (non-hydrogen) atoms. The molecule has 0 bridgehead atoms. The Bertz CT molecular complexity index is 1030. The van der Waals surface area contributed by atoms with Crippen LogP contribution in [0.4, 0.5) is 17.2 Å². The number of benzene rings is 2. The summed E-state index contributed by atoms with van der Waals surface area (Å²) < 4.78 is 0. The number of pyridine rings is 1. The molecule has 1 heterocycles. The number of hydrogen-bond donors (Lipinski definition) is 3. The lowest BCUT2D eigenvalue weighted by atomic mass is 10.0. The van der Waals surface area contributed by atoms with E-state index in [0.29, 0.717) is 42.4 Å². The molecule has 0 unspecified atom stereocenters. The number of amides is 1. The maximum absolute atomic E-state index is 12.0. The van der Waals surface area contributed by atoms with Crippen molar-refractivity contribution in [3.63, 3.8) is 0 Å². The Morgan fingerprint density at radius 3 is 2.35 bits per heavy atom. The Labute approximate surface area is 182 Å². The fourth-order valence-corrected chi connectivity index (χ4v) is 3.27. The number of primary amides is 1. The van der Waals surface area contributed by atoms with Gasteiger partial charge in [-0.15, -0.1) is 0 Å². The third-order valence-corrected chi connectivity index (χ3v) is 4.76. The maximum atomic E-state index is 12.0. The number of carbonyl (C=O) groups excluding carboxylic acids is 2. The molecule has 0 fully saturated rings. The average molecular weight is 417 g/mol. The molecule has 3 aromatic rings. The second-order valence-corrected chi connectivity index (χ2v) is 7.95. The van der Waals surface area contributed by atoms with E-state index in [-0.39, 0.29) is 5.78 Å². The summed E-state index contributed by atoms with van der Waals surface area (Å²) in [5.74, 6) is 0.662. The Morgan fingerprint density at radius 1 is 1.00 bits per heavy atom. The summed E-state index contributed by atoms with van der Waals surface area (Å²) in [6.45, 7) is 4.65. The molecule has 1 aromatic heterocycles. The molecular weight excluding hydrogens is 388 g/mol. The van der Waals surface area contributed by atoms with Crippen LogP contribution < -0.4 is 16.4 Å². The number of nitrogens with two attached hydrogens (primary N) is 1. The summed E-state index contributed by atoms with van der Waals surface area (Å²) >= 11 is 0. The van der Waals surface area contributed by atoms with Crippen LogP contribution in [-0.2, 0) is 17.8 Å². The average Bonchev–Trinajstić information content (AvgIpc) is 2.74. The number of nitrogens with one attached hydrogen (secondary N) is 2. The van der Waals surface area contributed by atoms with Gasteiger partial charge in [-0.1, -0.05) is 56.3 Å². The first kappa shape index (κ1) is 22.0. The largest absolute Gasteiger partial charge is 0.380 e. The fourth-order valence-electron chi connectivity index (χ4n) is 3.27. The van der Waals surface area contributed by atoms with Crippen molar-refractivity contribution in [2.45, 2.75) is 33.2 Å². The quantitative estimate of drug-likeness (QED) is 0.445. The van der Waals surface area contributed by atoms with Crippen LogP contribution >= 0.6 is 0 Å². The lowest BCUT2D eigenvalue weighted by Crippen LogP contribution is -2.15. The molecule has 0 atom stereocenters. The zero-order valence-electron chi connectivity index (χ0n) is 17.9. The van der Waals surface area contributed by atoms with Crippen molar-refractivity contribution >= 4 is 28.9 Å². The van der Waals surface area contributed by atoms with Crippen molar-refractivity contribution in [2.75, 3.05) is 10.6 Å². The molecule has 0 saturated heterocycles. The van der Waals surface area contributed by atoms with Gasteiger partial charge in [-0.3, -0.25) is 9.59 Å². The smallest absolute Gasteiger partial charge is 0.252 e. The van der Waals surface area contributed by atoms with Gasteiger partial charge in [0.15, 0.2) is 0 Å². The summed E-state index contributed by atoms with van der Waals surface area (Å²) in [6, 6.07) is 19.4. The number of aromatic nitrogens is 1. The summed E-state index contributed by atoms with van der Waals surface area (Å²) in [7, 11) is 0. The van der Waals surface area contributed by atoms with Crippen LogP contribution in [0.25, 0.3) is 0 Å². The molecule has 6 nitrogen and oxygen atoms in total. The molecule has 0 aliphatic rings. The fraction of sp³-hybridized carbons (Fsp3) is 0.240. The van der Waals surface area contributed by atoms with Gasteiger partial charge in [-0.25, -0.2) is 4.98 Å². The highest BCUT2D eigenvalue weighted by molar-refractivity contribution is 5.98. The van der Waals surface area contributed by atoms with Crippen LogP contribution in [0.2, 0.25) is 0 Å². The number of ketones is 1. The van der Waals surface area contributed by atoms with Gasteiger partial charge in [-0.2, -0.15) is 0 Å². The number of nitrogens with zero attached hydrogens (tertiary/aromatic N) is 1. The maximum Gasteiger partial charge on any atom is 0.252 e. The van der Waals surface area contributed by atoms with E-state index in [1.54, 1.807) is 6.07 Å². The zero-order valence-corrected chi connectivity index (χ0v) is 17.9. The van der Waals surface area contributed by atoms with E-state index in [1.807, 2.05) is 68.4 Å². The van der Waals surface area contributed by atoms with Crippen molar-refractivity contribution in [1.82, 2.24) is 4.98 Å². The van der Waals surface area contributed by atoms with Gasteiger partial charge >= 0.3 is 0 Å². The molecule has 4 N–H and O–H groups in total. The van der Waals surface area contributed by atoms with E-state index >= 15 is 0 Å². The van der Waals surface area contributed by atoms with Crippen LogP contribution in [-0.4, -0.2) is 16.7 Å². The van der Waals surface area contributed by atoms with Crippen molar-refractivity contribution in [2.24, 2.45) is 11.7 Å². The van der Waals surface area contributed by atoms with Crippen molar-refractivity contribution in [3.8, 4) is 0 Å². The minimum Gasteiger partial charge on any atom is -0.380 e. The topological polar surface area (TPSA) is 97.1 Å². The predicted octanol–water partition coefficient (Wildman–Crippen LogP) is 4.69. The van der Waals surface area contributed by atoms with E-state index in [4.69, 9.17) is 5.73 Å². The molecule has 0 saturated carbocycles. The predicted molar refractivity (Wildman–Crippen MR) is 124 cm³/mol. The van der Waals surface area contributed by atoms with E-state index in [2.05, 4.69) is 15.6 Å². The second-order valence-electron chi connectivity index (χ2n) is 7.95. The first-order chi connectivity index (χ1) is 14.9. The SMILES string of the molecule is CC(C)CC(=O)Cc1ccc(Nc2cc(NCc3ccccc3)c(C(N)=O)cn2)cc1. The molecular formula is C25H28N4O2. The van der Waals surface area contributed by atoms with Crippen molar-refractivity contribution in [1.29, 1.82) is 0 Å². The summed E-state index contributed by atoms with van der Waals surface area (Å²) in [5.41, 5.74) is 9.37. The Balaban J connectivity index is 1.69. The van der Waals surface area contributed by atoms with Crippen LogP contribution in [0.3, 0.4) is 0 Å². The minimum atomic E-state index is -0.537. The van der Waals surface area contributed by atoms with E-state index in [1.165, 1.54) is 6.20 Å². The number of rotatable bonds is 10. The van der Waals surface area contributed by atoms with Crippen LogP contribution in [0.1, 0.15) is 41.8 Å². The molecule has 0 aliphatic heterocycles. The van der Waals surface area contributed by atoms with Crippen molar-refractivity contribution in [3.05, 3.63) is 83.6 Å². The van der Waals surface area contributed by atoms with Gasteiger partial charge in [-0.05, 0) is 29.2 Å². The second kappa shape index (κ2) is 10.4. The van der Waals surface area contributed by atoms with Crippen LogP contribution in [0.15, 0.2) is 66.9 Å². The number of anilines is 3. The molecule has 160 valence electrons. The van der Waals surface area contributed by atoms with Gasteiger partial charge in [0.2, 0.25) is 0 Å². The molecule has 0 spiro atoms. The molecule has 1 amide bonds. The van der Waals surface area contributed by atoms with Gasteiger partial charge in [0.05, 0.1) is 11.3 Å². The highest BCUT2D eigenvalue weighted by Gasteiger charge is 2.11. The van der Waals surface area contributed by atoms with Gasteiger partial charge in [0, 0.05) is 37.3 Å². The first-order valence-electron chi connectivity index (χ1n) is 10.4. The highest BCUT2D eigenvalue weighted by atomic mass is 16.1. The normalized spacial score (nSPS) is 10.7. The Kier molecular flexibility index (Phi) is 7.38. The number of Topliss-reactive ketones (excluding diaryl/α,β-unsaturated/α-hetero) is 1. The molecule has 3 rings (SSSR count). The van der Waals surface area contributed by atoms with Crippen LogP contribution in [0.5, 0.6) is 0 Å². The lowest BCUT2D eigenvalue weighted by Gasteiger charge is -2.13. The number of carbonyl (C=O) groups is 2.